The number of hydrogen-bond donors (Lipinski definition) is 2. The summed E-state index contributed by atoms with van der Waals surface area (Å²) < 4.78 is 0. The van der Waals surface area contributed by atoms with E-state index in [-0.39, 0.29) is 0 Å². The molecule has 0 radical (unpaired) electrons. The molecule has 110 valence electrons. The Morgan fingerprint density at radius 1 is 1.24 bits per heavy atom. The summed E-state index contributed by atoms with van der Waals surface area (Å²) in [7, 11) is 0. The minimum absolute atomic E-state index is 0.552. The topological polar surface area (TPSA) is 63.8 Å². The molecule has 0 saturated heterocycles. The first-order valence-electron chi connectivity index (χ1n) is 7.60. The molecule has 3 rings (SSSR count). The molecule has 1 aromatic heterocycles. The molecule has 0 amide bonds. The van der Waals surface area contributed by atoms with E-state index in [0.29, 0.717) is 11.7 Å². The Balaban J connectivity index is 1.97. The van der Waals surface area contributed by atoms with E-state index in [4.69, 9.17) is 10.8 Å². The van der Waals surface area contributed by atoms with Gasteiger partial charge in [0.25, 0.3) is 0 Å². The number of anilines is 1. The lowest BCUT2D eigenvalue weighted by molar-refractivity contribution is 0.635. The first-order chi connectivity index (χ1) is 10.2. The molecule has 4 nitrogen and oxygen atoms in total. The Morgan fingerprint density at radius 2 is 2.05 bits per heavy atom. The number of aromatic nitrogens is 2. The van der Waals surface area contributed by atoms with E-state index < -0.39 is 0 Å². The van der Waals surface area contributed by atoms with Crippen molar-refractivity contribution in [2.24, 2.45) is 11.8 Å². The number of rotatable bonds is 5. The number of nitrogen functional groups attached to an aromatic ring is 1. The van der Waals surface area contributed by atoms with Crippen LogP contribution >= 0.6 is 0 Å². The quantitative estimate of drug-likeness (QED) is 0.650. The maximum atomic E-state index is 5.54. The first kappa shape index (κ1) is 14.0. The van der Waals surface area contributed by atoms with Crippen LogP contribution in [0, 0.1) is 5.92 Å². The molecule has 1 heterocycles. The highest BCUT2D eigenvalue weighted by Crippen LogP contribution is 2.40. The number of benzene rings is 1. The van der Waals surface area contributed by atoms with E-state index in [1.54, 1.807) is 0 Å². The summed E-state index contributed by atoms with van der Waals surface area (Å²) in [6, 6.07) is 10.5. The summed E-state index contributed by atoms with van der Waals surface area (Å²) in [5, 5.41) is 0. The predicted octanol–water partition coefficient (Wildman–Crippen LogP) is 3.51. The van der Waals surface area contributed by atoms with Crippen molar-refractivity contribution in [3.8, 4) is 11.4 Å². The Bertz CT molecular complexity index is 632. The molecule has 0 spiro atoms. The van der Waals surface area contributed by atoms with Gasteiger partial charge in [0.2, 0.25) is 0 Å². The van der Waals surface area contributed by atoms with Gasteiger partial charge in [0.1, 0.15) is 5.82 Å². The Kier molecular flexibility index (Phi) is 3.88. The third-order valence-corrected chi connectivity index (χ3v) is 3.74. The minimum atomic E-state index is 0.552. The van der Waals surface area contributed by atoms with Crippen molar-refractivity contribution in [3.05, 3.63) is 41.6 Å². The molecule has 1 fully saturated rings. The van der Waals surface area contributed by atoms with Gasteiger partial charge >= 0.3 is 0 Å². The second-order valence-corrected chi connectivity index (χ2v) is 6.21. The van der Waals surface area contributed by atoms with Gasteiger partial charge in [-0.25, -0.2) is 15.8 Å². The van der Waals surface area contributed by atoms with Gasteiger partial charge in [-0.1, -0.05) is 32.0 Å². The summed E-state index contributed by atoms with van der Waals surface area (Å²) in [4.78, 5) is 9.21. The zero-order valence-corrected chi connectivity index (χ0v) is 12.6. The van der Waals surface area contributed by atoms with Crippen LogP contribution in [-0.4, -0.2) is 9.97 Å². The normalized spacial score (nSPS) is 14.5. The molecule has 1 saturated carbocycles. The molecule has 3 N–H and O–H groups in total. The van der Waals surface area contributed by atoms with Crippen molar-refractivity contribution in [2.75, 3.05) is 5.43 Å². The smallest absolute Gasteiger partial charge is 0.161 e. The number of hydrazine groups is 1. The maximum absolute atomic E-state index is 5.54. The highest BCUT2D eigenvalue weighted by atomic mass is 15.3. The van der Waals surface area contributed by atoms with Gasteiger partial charge in [-0.3, -0.25) is 0 Å². The lowest BCUT2D eigenvalue weighted by Crippen LogP contribution is -2.11. The Labute approximate surface area is 125 Å². The van der Waals surface area contributed by atoms with Crippen molar-refractivity contribution in [1.29, 1.82) is 0 Å². The second kappa shape index (κ2) is 5.82. The van der Waals surface area contributed by atoms with Gasteiger partial charge in [-0.05, 0) is 42.7 Å². The van der Waals surface area contributed by atoms with Gasteiger partial charge in [-0.15, -0.1) is 0 Å². The van der Waals surface area contributed by atoms with Gasteiger partial charge in [0, 0.05) is 17.3 Å². The van der Waals surface area contributed by atoms with Crippen LogP contribution in [0.4, 0.5) is 5.82 Å². The number of nitrogens with one attached hydrogen (secondary N) is 1. The Hall–Kier alpha value is -1.94. The first-order valence-corrected chi connectivity index (χ1v) is 7.60. The largest absolute Gasteiger partial charge is 0.308 e. The third-order valence-electron chi connectivity index (χ3n) is 3.74. The maximum Gasteiger partial charge on any atom is 0.161 e. The number of nitrogens with two attached hydrogens (primary N) is 1. The van der Waals surface area contributed by atoms with Crippen LogP contribution in [0.25, 0.3) is 11.4 Å². The summed E-state index contributed by atoms with van der Waals surface area (Å²) >= 11 is 0. The molecular weight excluding hydrogens is 260 g/mol. The molecule has 0 atom stereocenters. The monoisotopic (exact) mass is 282 g/mol. The van der Waals surface area contributed by atoms with Crippen LogP contribution in [0.15, 0.2) is 30.3 Å². The average Bonchev–Trinajstić information content (AvgIpc) is 3.31. The van der Waals surface area contributed by atoms with E-state index in [2.05, 4.69) is 48.5 Å². The van der Waals surface area contributed by atoms with E-state index in [9.17, 15) is 0 Å². The highest BCUT2D eigenvalue weighted by Gasteiger charge is 2.23. The molecular formula is C17H22N4. The molecule has 1 aliphatic carbocycles. The van der Waals surface area contributed by atoms with Crippen molar-refractivity contribution < 1.29 is 0 Å². The Morgan fingerprint density at radius 3 is 2.71 bits per heavy atom. The molecule has 1 aliphatic rings. The summed E-state index contributed by atoms with van der Waals surface area (Å²) in [5.74, 6) is 8.26. The van der Waals surface area contributed by atoms with Crippen LogP contribution < -0.4 is 11.3 Å². The lowest BCUT2D eigenvalue weighted by atomic mass is 10.1. The fourth-order valence-electron chi connectivity index (χ4n) is 2.57. The van der Waals surface area contributed by atoms with Crippen molar-refractivity contribution in [2.45, 2.75) is 39.0 Å². The van der Waals surface area contributed by atoms with Crippen molar-refractivity contribution in [1.82, 2.24) is 9.97 Å². The predicted molar refractivity (Wildman–Crippen MR) is 85.8 cm³/mol. The van der Waals surface area contributed by atoms with Gasteiger partial charge in [0.15, 0.2) is 5.82 Å². The zero-order valence-electron chi connectivity index (χ0n) is 12.6. The summed E-state index contributed by atoms with van der Waals surface area (Å²) in [5.41, 5.74) is 6.14. The van der Waals surface area contributed by atoms with Crippen molar-refractivity contribution in [3.63, 3.8) is 0 Å². The average molecular weight is 282 g/mol. The van der Waals surface area contributed by atoms with Gasteiger partial charge in [0.05, 0.1) is 0 Å². The fourth-order valence-corrected chi connectivity index (χ4v) is 2.57. The second-order valence-electron chi connectivity index (χ2n) is 6.21. The van der Waals surface area contributed by atoms with E-state index in [0.717, 1.165) is 29.4 Å². The molecule has 21 heavy (non-hydrogen) atoms. The van der Waals surface area contributed by atoms with E-state index in [1.165, 1.54) is 18.4 Å². The summed E-state index contributed by atoms with van der Waals surface area (Å²) in [6.45, 7) is 4.37. The van der Waals surface area contributed by atoms with Crippen LogP contribution in [0.3, 0.4) is 0 Å². The highest BCUT2D eigenvalue weighted by molar-refractivity contribution is 5.59. The van der Waals surface area contributed by atoms with Crippen molar-refractivity contribution >= 4 is 5.82 Å². The van der Waals surface area contributed by atoms with Crippen LogP contribution in [0.2, 0.25) is 0 Å². The van der Waals surface area contributed by atoms with Crippen LogP contribution in [0.1, 0.15) is 43.9 Å². The molecule has 2 aromatic rings. The van der Waals surface area contributed by atoms with E-state index >= 15 is 0 Å². The standard InChI is InChI=1S/C17H22N4/c1-11(2)8-15-10-16(21-18)20-17(19-15)14-5-3-4-13(9-14)12-6-7-12/h3-5,9-12H,6-8,18H2,1-2H3,(H,19,20,21). The number of hydrogen-bond acceptors (Lipinski definition) is 4. The lowest BCUT2D eigenvalue weighted by Gasteiger charge is -2.10. The number of nitrogens with zero attached hydrogens (tertiary/aromatic N) is 2. The van der Waals surface area contributed by atoms with Gasteiger partial charge < -0.3 is 5.43 Å². The third kappa shape index (κ3) is 3.39. The molecule has 4 heteroatoms. The van der Waals surface area contributed by atoms with E-state index in [1.807, 2.05) is 6.07 Å². The molecule has 1 aromatic carbocycles. The zero-order chi connectivity index (χ0) is 14.8. The van der Waals surface area contributed by atoms with Crippen LogP contribution in [0.5, 0.6) is 0 Å². The molecule has 0 unspecified atom stereocenters. The molecule has 0 bridgehead atoms. The fraction of sp³-hybridized carbons (Fsp3) is 0.412. The SMILES string of the molecule is CC(C)Cc1cc(NN)nc(-c2cccc(C3CC3)c2)n1. The minimum Gasteiger partial charge on any atom is -0.308 e. The summed E-state index contributed by atoms with van der Waals surface area (Å²) in [6.07, 6.45) is 3.52. The molecule has 0 aliphatic heterocycles. The van der Waals surface area contributed by atoms with Crippen LogP contribution in [-0.2, 0) is 6.42 Å². The van der Waals surface area contributed by atoms with Gasteiger partial charge in [-0.2, -0.15) is 0 Å².